The van der Waals surface area contributed by atoms with Crippen molar-refractivity contribution in [3.8, 4) is 11.5 Å². The summed E-state index contributed by atoms with van der Waals surface area (Å²) in [4.78, 5) is 16.3. The summed E-state index contributed by atoms with van der Waals surface area (Å²) >= 11 is 5.86. The fourth-order valence-corrected chi connectivity index (χ4v) is 2.62. The highest BCUT2D eigenvalue weighted by Crippen LogP contribution is 2.21. The Bertz CT molecular complexity index is 665. The lowest BCUT2D eigenvalue weighted by Gasteiger charge is -2.12. The predicted molar refractivity (Wildman–Crippen MR) is 84.9 cm³/mol. The lowest BCUT2D eigenvalue weighted by atomic mass is 10.1. The zero-order chi connectivity index (χ0) is 16.2. The molecule has 1 aromatic carbocycles. The standard InChI is InChI=1S/C16H18ClN3O3/c1-10(18-14(21)9-13-3-2-8-22-13)15-19-16(23-20-15)11-4-6-12(17)7-5-11/h4-7,10,13H,2-3,8-9H2,1H3,(H,18,21)/t10-,13-/m1/s1. The van der Waals surface area contributed by atoms with Gasteiger partial charge in [0.2, 0.25) is 5.91 Å². The van der Waals surface area contributed by atoms with E-state index in [9.17, 15) is 4.79 Å². The molecule has 1 aromatic heterocycles. The van der Waals surface area contributed by atoms with Crippen molar-refractivity contribution in [1.82, 2.24) is 15.5 Å². The van der Waals surface area contributed by atoms with Gasteiger partial charge in [0.1, 0.15) is 0 Å². The molecule has 6 nitrogen and oxygen atoms in total. The Morgan fingerprint density at radius 2 is 2.22 bits per heavy atom. The summed E-state index contributed by atoms with van der Waals surface area (Å²) in [5.74, 6) is 0.773. The second-order valence-corrected chi connectivity index (χ2v) is 6.03. The van der Waals surface area contributed by atoms with Crippen molar-refractivity contribution in [3.63, 3.8) is 0 Å². The number of carbonyl (C=O) groups is 1. The molecule has 7 heteroatoms. The van der Waals surface area contributed by atoms with E-state index in [4.69, 9.17) is 20.9 Å². The van der Waals surface area contributed by atoms with Crippen LogP contribution >= 0.6 is 11.6 Å². The van der Waals surface area contributed by atoms with E-state index in [0.717, 1.165) is 25.0 Å². The van der Waals surface area contributed by atoms with Crippen LogP contribution in [-0.4, -0.2) is 28.8 Å². The topological polar surface area (TPSA) is 77.2 Å². The molecule has 23 heavy (non-hydrogen) atoms. The molecule has 0 radical (unpaired) electrons. The van der Waals surface area contributed by atoms with Crippen molar-refractivity contribution in [2.75, 3.05) is 6.61 Å². The lowest BCUT2D eigenvalue weighted by molar-refractivity contribution is -0.123. The summed E-state index contributed by atoms with van der Waals surface area (Å²) in [6.45, 7) is 2.56. The molecule has 2 aromatic rings. The summed E-state index contributed by atoms with van der Waals surface area (Å²) in [5.41, 5.74) is 0.783. The van der Waals surface area contributed by atoms with E-state index in [1.807, 2.05) is 6.92 Å². The number of rotatable bonds is 5. The summed E-state index contributed by atoms with van der Waals surface area (Å²) < 4.78 is 10.7. The maximum Gasteiger partial charge on any atom is 0.257 e. The van der Waals surface area contributed by atoms with Crippen LogP contribution in [0.2, 0.25) is 5.02 Å². The van der Waals surface area contributed by atoms with Gasteiger partial charge in [-0.3, -0.25) is 4.79 Å². The number of nitrogens with zero attached hydrogens (tertiary/aromatic N) is 2. The minimum atomic E-state index is -0.325. The van der Waals surface area contributed by atoms with Gasteiger partial charge in [0.25, 0.3) is 5.89 Å². The van der Waals surface area contributed by atoms with Crippen molar-refractivity contribution in [1.29, 1.82) is 0 Å². The van der Waals surface area contributed by atoms with Gasteiger partial charge < -0.3 is 14.6 Å². The molecule has 3 rings (SSSR count). The third-order valence-corrected chi connectivity index (χ3v) is 3.99. The number of hydrogen-bond acceptors (Lipinski definition) is 5. The molecule has 2 heterocycles. The summed E-state index contributed by atoms with van der Waals surface area (Å²) in [6, 6.07) is 6.80. The smallest absolute Gasteiger partial charge is 0.257 e. The summed E-state index contributed by atoms with van der Waals surface area (Å²) in [7, 11) is 0. The molecule has 0 unspecified atom stereocenters. The van der Waals surface area contributed by atoms with Crippen molar-refractivity contribution in [3.05, 3.63) is 35.1 Å². The molecule has 1 aliphatic rings. The first-order valence-electron chi connectivity index (χ1n) is 7.62. The number of aromatic nitrogens is 2. The van der Waals surface area contributed by atoms with E-state index in [1.54, 1.807) is 24.3 Å². The van der Waals surface area contributed by atoms with Gasteiger partial charge in [0.15, 0.2) is 5.82 Å². The van der Waals surface area contributed by atoms with Crippen molar-refractivity contribution in [2.45, 2.75) is 38.3 Å². The highest BCUT2D eigenvalue weighted by molar-refractivity contribution is 6.30. The maximum atomic E-state index is 12.0. The lowest BCUT2D eigenvalue weighted by Crippen LogP contribution is -2.30. The molecular formula is C16H18ClN3O3. The molecular weight excluding hydrogens is 318 g/mol. The summed E-state index contributed by atoms with van der Waals surface area (Å²) in [5, 5.41) is 7.45. The number of ether oxygens (including phenoxy) is 1. The number of hydrogen-bond donors (Lipinski definition) is 1. The fourth-order valence-electron chi connectivity index (χ4n) is 2.50. The second-order valence-electron chi connectivity index (χ2n) is 5.59. The molecule has 0 spiro atoms. The third kappa shape index (κ3) is 4.09. The Morgan fingerprint density at radius 1 is 1.43 bits per heavy atom. The van der Waals surface area contributed by atoms with Crippen LogP contribution in [0.15, 0.2) is 28.8 Å². The average molecular weight is 336 g/mol. The highest BCUT2D eigenvalue weighted by atomic mass is 35.5. The van der Waals surface area contributed by atoms with Gasteiger partial charge in [-0.05, 0) is 44.0 Å². The van der Waals surface area contributed by atoms with E-state index in [-0.39, 0.29) is 18.1 Å². The molecule has 0 bridgehead atoms. The van der Waals surface area contributed by atoms with E-state index >= 15 is 0 Å². The van der Waals surface area contributed by atoms with Crippen LogP contribution < -0.4 is 5.32 Å². The molecule has 1 saturated heterocycles. The Kier molecular flexibility index (Phi) is 4.93. The second kappa shape index (κ2) is 7.10. The van der Waals surface area contributed by atoms with Crippen LogP contribution in [0.5, 0.6) is 0 Å². The van der Waals surface area contributed by atoms with Gasteiger partial charge in [-0.15, -0.1) is 0 Å². The molecule has 1 N–H and O–H groups in total. The van der Waals surface area contributed by atoms with Crippen molar-refractivity contribution in [2.24, 2.45) is 0 Å². The molecule has 122 valence electrons. The van der Waals surface area contributed by atoms with Crippen molar-refractivity contribution >= 4 is 17.5 Å². The number of nitrogens with one attached hydrogen (secondary N) is 1. The highest BCUT2D eigenvalue weighted by Gasteiger charge is 2.22. The molecule has 0 saturated carbocycles. The largest absolute Gasteiger partial charge is 0.378 e. The number of benzene rings is 1. The van der Waals surface area contributed by atoms with Crippen LogP contribution in [0.4, 0.5) is 0 Å². The Balaban J connectivity index is 1.60. The molecule has 2 atom stereocenters. The SMILES string of the molecule is C[C@@H](NC(=O)C[C@H]1CCCO1)c1noc(-c2ccc(Cl)cc2)n1. The minimum absolute atomic E-state index is 0.0251. The molecule has 0 aliphatic carbocycles. The Labute approximate surface area is 139 Å². The van der Waals surface area contributed by atoms with Crippen LogP contribution in [0.1, 0.15) is 38.1 Å². The first-order chi connectivity index (χ1) is 11.1. The zero-order valence-corrected chi connectivity index (χ0v) is 13.5. The maximum absolute atomic E-state index is 12.0. The number of halogens is 1. The van der Waals surface area contributed by atoms with Gasteiger partial charge >= 0.3 is 0 Å². The zero-order valence-electron chi connectivity index (χ0n) is 12.8. The van der Waals surface area contributed by atoms with E-state index in [2.05, 4.69) is 15.5 Å². The van der Waals surface area contributed by atoms with Gasteiger partial charge in [0.05, 0.1) is 18.6 Å². The first-order valence-corrected chi connectivity index (χ1v) is 8.00. The Morgan fingerprint density at radius 3 is 2.91 bits per heavy atom. The number of carbonyl (C=O) groups excluding carboxylic acids is 1. The Hall–Kier alpha value is -1.92. The van der Waals surface area contributed by atoms with E-state index in [1.165, 1.54) is 0 Å². The average Bonchev–Trinajstić information content (AvgIpc) is 3.19. The number of amides is 1. The van der Waals surface area contributed by atoms with Gasteiger partial charge in [-0.25, -0.2) is 0 Å². The van der Waals surface area contributed by atoms with Gasteiger partial charge in [-0.1, -0.05) is 16.8 Å². The van der Waals surface area contributed by atoms with Crippen LogP contribution in [-0.2, 0) is 9.53 Å². The van der Waals surface area contributed by atoms with Crippen LogP contribution in [0.25, 0.3) is 11.5 Å². The summed E-state index contributed by atoms with van der Waals surface area (Å²) in [6.07, 6.45) is 2.34. The monoisotopic (exact) mass is 335 g/mol. The fraction of sp³-hybridized carbons (Fsp3) is 0.438. The van der Waals surface area contributed by atoms with Gasteiger partial charge in [-0.2, -0.15) is 4.98 Å². The predicted octanol–water partition coefficient (Wildman–Crippen LogP) is 3.14. The van der Waals surface area contributed by atoms with Crippen molar-refractivity contribution < 1.29 is 14.1 Å². The minimum Gasteiger partial charge on any atom is -0.378 e. The molecule has 1 fully saturated rings. The molecule has 1 aliphatic heterocycles. The van der Waals surface area contributed by atoms with Crippen LogP contribution in [0.3, 0.4) is 0 Å². The third-order valence-electron chi connectivity index (χ3n) is 3.73. The first kappa shape index (κ1) is 16.0. The van der Waals surface area contributed by atoms with Gasteiger partial charge in [0, 0.05) is 17.2 Å². The normalized spacial score (nSPS) is 18.8. The quantitative estimate of drug-likeness (QED) is 0.908. The van der Waals surface area contributed by atoms with E-state index < -0.39 is 0 Å². The van der Waals surface area contributed by atoms with Crippen LogP contribution in [0, 0.1) is 0 Å². The molecule has 1 amide bonds. The van der Waals surface area contributed by atoms with E-state index in [0.29, 0.717) is 23.2 Å².